The van der Waals surface area contributed by atoms with Crippen LogP contribution < -0.4 is 0 Å². The number of H-pyrrole nitrogens is 1. The Balaban J connectivity index is 1.21. The maximum absolute atomic E-state index is 13.3. The molecule has 0 unspecified atom stereocenters. The number of thioether (sulfide) groups is 1. The molecule has 0 atom stereocenters. The first-order valence-electron chi connectivity index (χ1n) is 10.6. The molecular formula is C23H24N6O2S. The van der Waals surface area contributed by atoms with E-state index in [0.29, 0.717) is 30.6 Å². The molecule has 9 heteroatoms. The molecule has 5 rings (SSSR count). The number of oxazole rings is 1. The summed E-state index contributed by atoms with van der Waals surface area (Å²) in [6, 6.07) is 15.5. The monoisotopic (exact) mass is 448 g/mol. The van der Waals surface area contributed by atoms with E-state index < -0.39 is 0 Å². The summed E-state index contributed by atoms with van der Waals surface area (Å²) in [6.07, 6.45) is 0. The number of aromatic amines is 1. The van der Waals surface area contributed by atoms with Gasteiger partial charge in [0.15, 0.2) is 11.4 Å². The van der Waals surface area contributed by atoms with E-state index in [2.05, 4.69) is 25.1 Å². The number of aromatic nitrogens is 4. The Kier molecular flexibility index (Phi) is 5.91. The van der Waals surface area contributed by atoms with Crippen LogP contribution >= 0.6 is 11.8 Å². The van der Waals surface area contributed by atoms with Gasteiger partial charge >= 0.3 is 0 Å². The van der Waals surface area contributed by atoms with Crippen molar-refractivity contribution in [3.05, 3.63) is 71.3 Å². The van der Waals surface area contributed by atoms with Crippen molar-refractivity contribution in [3.8, 4) is 0 Å². The van der Waals surface area contributed by atoms with Gasteiger partial charge in [0.25, 0.3) is 11.1 Å². The fraction of sp³-hybridized carbons (Fsp3) is 0.304. The first kappa shape index (κ1) is 20.7. The summed E-state index contributed by atoms with van der Waals surface area (Å²) < 4.78 is 5.81. The van der Waals surface area contributed by atoms with Crippen molar-refractivity contribution in [3.63, 3.8) is 0 Å². The minimum absolute atomic E-state index is 0.0761. The van der Waals surface area contributed by atoms with Gasteiger partial charge in [-0.3, -0.25) is 14.8 Å². The third-order valence-corrected chi connectivity index (χ3v) is 6.42. The van der Waals surface area contributed by atoms with Crippen LogP contribution in [-0.2, 0) is 12.3 Å². The highest BCUT2D eigenvalue weighted by atomic mass is 32.2. The number of fused-ring (bicyclic) bond motifs is 1. The zero-order valence-electron chi connectivity index (χ0n) is 17.8. The molecule has 3 heterocycles. The van der Waals surface area contributed by atoms with Gasteiger partial charge in [0.2, 0.25) is 0 Å². The van der Waals surface area contributed by atoms with Crippen molar-refractivity contribution >= 4 is 28.8 Å². The normalized spacial score (nSPS) is 14.8. The number of aryl methyl sites for hydroxylation is 1. The highest BCUT2D eigenvalue weighted by molar-refractivity contribution is 7.98. The van der Waals surface area contributed by atoms with Gasteiger partial charge in [-0.25, -0.2) is 9.97 Å². The molecular weight excluding hydrogens is 424 g/mol. The number of nitrogens with one attached hydrogen (secondary N) is 1. The molecule has 0 aliphatic carbocycles. The average Bonchev–Trinajstić information content (AvgIpc) is 3.43. The SMILES string of the molecule is Cc1nc(CN2CCN(C(=O)c3ccccc3CSc3nc4ccccc4o3)CC2)n[nH]1. The number of benzene rings is 2. The summed E-state index contributed by atoms with van der Waals surface area (Å²) in [6.45, 7) is 5.58. The zero-order chi connectivity index (χ0) is 21.9. The van der Waals surface area contributed by atoms with Crippen molar-refractivity contribution in [1.29, 1.82) is 0 Å². The van der Waals surface area contributed by atoms with E-state index >= 15 is 0 Å². The second kappa shape index (κ2) is 9.13. The van der Waals surface area contributed by atoms with Crippen LogP contribution in [0.5, 0.6) is 0 Å². The Hall–Kier alpha value is -3.17. The van der Waals surface area contributed by atoms with Crippen LogP contribution in [0.3, 0.4) is 0 Å². The van der Waals surface area contributed by atoms with Gasteiger partial charge in [-0.2, -0.15) is 5.10 Å². The Labute approximate surface area is 190 Å². The van der Waals surface area contributed by atoms with Gasteiger partial charge in [0, 0.05) is 37.5 Å². The van der Waals surface area contributed by atoms with E-state index in [9.17, 15) is 4.79 Å². The molecule has 1 amide bonds. The lowest BCUT2D eigenvalue weighted by molar-refractivity contribution is 0.0624. The topological polar surface area (TPSA) is 91.2 Å². The zero-order valence-corrected chi connectivity index (χ0v) is 18.6. The highest BCUT2D eigenvalue weighted by Gasteiger charge is 2.24. The third-order valence-electron chi connectivity index (χ3n) is 5.54. The smallest absolute Gasteiger partial charge is 0.257 e. The minimum Gasteiger partial charge on any atom is -0.431 e. The van der Waals surface area contributed by atoms with Crippen molar-refractivity contribution < 1.29 is 9.21 Å². The second-order valence-electron chi connectivity index (χ2n) is 7.80. The summed E-state index contributed by atoms with van der Waals surface area (Å²) in [7, 11) is 0. The van der Waals surface area contributed by atoms with E-state index in [1.54, 1.807) is 0 Å². The van der Waals surface area contributed by atoms with Crippen molar-refractivity contribution in [2.24, 2.45) is 0 Å². The van der Waals surface area contributed by atoms with E-state index in [0.717, 1.165) is 47.0 Å². The van der Waals surface area contributed by atoms with Crippen LogP contribution in [0, 0.1) is 6.92 Å². The first-order chi connectivity index (χ1) is 15.7. The van der Waals surface area contributed by atoms with Gasteiger partial charge in [0.1, 0.15) is 11.3 Å². The molecule has 1 N–H and O–H groups in total. The molecule has 2 aromatic carbocycles. The molecule has 1 aliphatic rings. The van der Waals surface area contributed by atoms with E-state index in [-0.39, 0.29) is 5.91 Å². The molecule has 8 nitrogen and oxygen atoms in total. The number of nitrogens with zero attached hydrogens (tertiary/aromatic N) is 5. The Morgan fingerprint density at radius 1 is 1.06 bits per heavy atom. The van der Waals surface area contributed by atoms with Crippen LogP contribution in [-0.4, -0.2) is 62.1 Å². The fourth-order valence-corrected chi connectivity index (χ4v) is 4.69. The van der Waals surface area contributed by atoms with Crippen LogP contribution in [0.2, 0.25) is 0 Å². The van der Waals surface area contributed by atoms with Crippen molar-refractivity contribution in [2.45, 2.75) is 24.4 Å². The molecule has 2 aromatic heterocycles. The van der Waals surface area contributed by atoms with Crippen LogP contribution in [0.15, 0.2) is 58.2 Å². The van der Waals surface area contributed by atoms with Crippen molar-refractivity contribution in [2.75, 3.05) is 26.2 Å². The van der Waals surface area contributed by atoms with Crippen LogP contribution in [0.25, 0.3) is 11.1 Å². The molecule has 1 saturated heterocycles. The summed E-state index contributed by atoms with van der Waals surface area (Å²) in [4.78, 5) is 26.4. The lowest BCUT2D eigenvalue weighted by Crippen LogP contribution is -2.48. The van der Waals surface area contributed by atoms with Gasteiger partial charge in [-0.15, -0.1) is 0 Å². The number of hydrogen-bond donors (Lipinski definition) is 1. The van der Waals surface area contributed by atoms with Crippen molar-refractivity contribution in [1.82, 2.24) is 30.0 Å². The largest absolute Gasteiger partial charge is 0.431 e. The third kappa shape index (κ3) is 4.53. The predicted molar refractivity (Wildman–Crippen MR) is 122 cm³/mol. The minimum atomic E-state index is 0.0761. The number of para-hydroxylation sites is 2. The Bertz CT molecular complexity index is 1190. The van der Waals surface area contributed by atoms with E-state index in [4.69, 9.17) is 4.42 Å². The number of carbonyl (C=O) groups excluding carboxylic acids is 1. The molecule has 0 spiro atoms. The molecule has 1 fully saturated rings. The quantitative estimate of drug-likeness (QED) is 0.451. The summed E-state index contributed by atoms with van der Waals surface area (Å²) in [5, 5.41) is 7.70. The molecule has 164 valence electrons. The first-order valence-corrected chi connectivity index (χ1v) is 11.6. The molecule has 0 bridgehead atoms. The summed E-state index contributed by atoms with van der Waals surface area (Å²) in [5.74, 6) is 2.32. The van der Waals surface area contributed by atoms with E-state index in [1.807, 2.05) is 60.4 Å². The predicted octanol–water partition coefficient (Wildman–Crippen LogP) is 3.50. The Morgan fingerprint density at radius 3 is 2.62 bits per heavy atom. The number of amides is 1. The lowest BCUT2D eigenvalue weighted by atomic mass is 10.1. The highest BCUT2D eigenvalue weighted by Crippen LogP contribution is 2.27. The number of rotatable bonds is 6. The second-order valence-corrected chi connectivity index (χ2v) is 8.73. The van der Waals surface area contributed by atoms with E-state index in [1.165, 1.54) is 11.8 Å². The standard InChI is InChI=1S/C23H24N6O2S/c1-16-24-21(27-26-16)14-28-10-12-29(13-11-28)22(30)18-7-3-2-6-17(18)15-32-23-25-19-8-4-5-9-20(19)31-23/h2-9H,10-15H2,1H3,(H,24,26,27). The maximum Gasteiger partial charge on any atom is 0.257 e. The molecule has 0 radical (unpaired) electrons. The molecule has 0 saturated carbocycles. The number of piperazine rings is 1. The number of hydrogen-bond acceptors (Lipinski definition) is 7. The molecule has 4 aromatic rings. The van der Waals surface area contributed by atoms with Gasteiger partial charge < -0.3 is 9.32 Å². The Morgan fingerprint density at radius 2 is 1.84 bits per heavy atom. The number of carbonyl (C=O) groups is 1. The average molecular weight is 449 g/mol. The van der Waals surface area contributed by atoms with Gasteiger partial charge in [-0.1, -0.05) is 42.1 Å². The lowest BCUT2D eigenvalue weighted by Gasteiger charge is -2.34. The summed E-state index contributed by atoms with van der Waals surface area (Å²) >= 11 is 1.51. The molecule has 1 aliphatic heterocycles. The van der Waals surface area contributed by atoms with Crippen LogP contribution in [0.1, 0.15) is 27.6 Å². The maximum atomic E-state index is 13.3. The fourth-order valence-electron chi connectivity index (χ4n) is 3.85. The molecule has 32 heavy (non-hydrogen) atoms. The van der Waals surface area contributed by atoms with Gasteiger partial charge in [0.05, 0.1) is 6.54 Å². The van der Waals surface area contributed by atoms with Crippen LogP contribution in [0.4, 0.5) is 0 Å². The van der Waals surface area contributed by atoms with Gasteiger partial charge in [-0.05, 0) is 30.7 Å². The summed E-state index contributed by atoms with van der Waals surface area (Å²) in [5.41, 5.74) is 3.35.